The lowest BCUT2D eigenvalue weighted by molar-refractivity contribution is -0.123. The van der Waals surface area contributed by atoms with E-state index >= 15 is 0 Å². The van der Waals surface area contributed by atoms with Crippen LogP contribution in [0.2, 0.25) is 0 Å². The third kappa shape index (κ3) is 4.92. The van der Waals surface area contributed by atoms with E-state index in [0.29, 0.717) is 11.6 Å². The van der Waals surface area contributed by atoms with Crippen LogP contribution >= 0.6 is 0 Å². The van der Waals surface area contributed by atoms with Crippen molar-refractivity contribution in [3.63, 3.8) is 0 Å². The summed E-state index contributed by atoms with van der Waals surface area (Å²) in [6.07, 6.45) is -0.282. The van der Waals surface area contributed by atoms with Gasteiger partial charge in [-0.3, -0.25) is 9.59 Å². The van der Waals surface area contributed by atoms with E-state index in [1.54, 1.807) is 13.0 Å². The van der Waals surface area contributed by atoms with Crippen molar-refractivity contribution in [2.45, 2.75) is 52.9 Å². The van der Waals surface area contributed by atoms with Crippen molar-refractivity contribution in [3.05, 3.63) is 41.2 Å². The summed E-state index contributed by atoms with van der Waals surface area (Å²) in [5, 5.41) is 9.15. The van der Waals surface area contributed by atoms with Gasteiger partial charge in [0.15, 0.2) is 5.82 Å². The standard InChI is InChI=1S/C19H25N3O3/c1-11(2)14-7-6-8-15(12(3)4)19(14)21-18(24)10-17(23)20-16-9-13(5)25-22-16/h6-9,11-12H,10H2,1-5H3,(H,21,24)(H,20,22,23). The molecule has 0 saturated carbocycles. The number of anilines is 2. The minimum Gasteiger partial charge on any atom is -0.360 e. The maximum Gasteiger partial charge on any atom is 0.235 e. The molecule has 2 aromatic rings. The zero-order chi connectivity index (χ0) is 18.6. The quantitative estimate of drug-likeness (QED) is 0.770. The highest BCUT2D eigenvalue weighted by Gasteiger charge is 2.18. The first-order valence-electron chi connectivity index (χ1n) is 8.43. The minimum atomic E-state index is -0.432. The SMILES string of the molecule is Cc1cc(NC(=O)CC(=O)Nc2c(C(C)C)cccc2C(C)C)no1. The van der Waals surface area contributed by atoms with Crippen LogP contribution in [-0.2, 0) is 9.59 Å². The molecule has 0 aliphatic carbocycles. The molecule has 1 aromatic carbocycles. The van der Waals surface area contributed by atoms with Gasteiger partial charge in [-0.25, -0.2) is 0 Å². The van der Waals surface area contributed by atoms with E-state index in [1.165, 1.54) is 0 Å². The van der Waals surface area contributed by atoms with E-state index in [2.05, 4.69) is 43.5 Å². The molecule has 0 spiro atoms. The van der Waals surface area contributed by atoms with Crippen molar-refractivity contribution in [2.75, 3.05) is 10.6 Å². The Bertz CT molecular complexity index is 737. The second kappa shape index (κ2) is 7.96. The van der Waals surface area contributed by atoms with Gasteiger partial charge >= 0.3 is 0 Å². The van der Waals surface area contributed by atoms with Crippen LogP contribution < -0.4 is 10.6 Å². The van der Waals surface area contributed by atoms with Crippen LogP contribution in [0.25, 0.3) is 0 Å². The van der Waals surface area contributed by atoms with Crippen LogP contribution in [-0.4, -0.2) is 17.0 Å². The molecule has 134 valence electrons. The summed E-state index contributed by atoms with van der Waals surface area (Å²) in [6, 6.07) is 7.61. The lowest BCUT2D eigenvalue weighted by Gasteiger charge is -2.20. The van der Waals surface area contributed by atoms with E-state index in [4.69, 9.17) is 4.52 Å². The Hall–Kier alpha value is -2.63. The fourth-order valence-electron chi connectivity index (χ4n) is 2.64. The summed E-state index contributed by atoms with van der Waals surface area (Å²) in [5.74, 6) is 0.640. The normalized spacial score (nSPS) is 11.0. The molecule has 2 N–H and O–H groups in total. The highest BCUT2D eigenvalue weighted by Crippen LogP contribution is 2.32. The van der Waals surface area contributed by atoms with E-state index in [0.717, 1.165) is 16.8 Å². The van der Waals surface area contributed by atoms with Gasteiger partial charge in [-0.2, -0.15) is 0 Å². The molecule has 0 unspecified atom stereocenters. The molecule has 2 amide bonds. The summed E-state index contributed by atoms with van der Waals surface area (Å²) in [5.41, 5.74) is 2.93. The lowest BCUT2D eigenvalue weighted by atomic mass is 9.92. The van der Waals surface area contributed by atoms with Crippen LogP contribution in [0.1, 0.15) is 62.8 Å². The molecule has 1 heterocycles. The molecular weight excluding hydrogens is 318 g/mol. The van der Waals surface area contributed by atoms with Gasteiger partial charge in [-0.1, -0.05) is 51.1 Å². The maximum absolute atomic E-state index is 12.4. The Morgan fingerprint density at radius 3 is 2.08 bits per heavy atom. The minimum absolute atomic E-state index is 0.265. The first-order chi connectivity index (χ1) is 11.8. The first kappa shape index (κ1) is 18.7. The average molecular weight is 343 g/mol. The van der Waals surface area contributed by atoms with Crippen molar-refractivity contribution in [1.29, 1.82) is 0 Å². The molecule has 6 nitrogen and oxygen atoms in total. The Labute approximate surface area is 148 Å². The zero-order valence-electron chi connectivity index (χ0n) is 15.3. The monoisotopic (exact) mass is 343 g/mol. The molecule has 0 radical (unpaired) electrons. The molecule has 0 aliphatic heterocycles. The molecule has 2 rings (SSSR count). The molecule has 0 saturated heterocycles. The van der Waals surface area contributed by atoms with Gasteiger partial charge < -0.3 is 15.2 Å². The van der Waals surface area contributed by atoms with E-state index in [-0.39, 0.29) is 24.2 Å². The number of para-hydroxylation sites is 1. The van der Waals surface area contributed by atoms with Gasteiger partial charge in [0.05, 0.1) is 0 Å². The Kier molecular flexibility index (Phi) is 5.96. The Morgan fingerprint density at radius 1 is 1.04 bits per heavy atom. The molecular formula is C19H25N3O3. The van der Waals surface area contributed by atoms with Crippen LogP contribution in [0.3, 0.4) is 0 Å². The number of aromatic nitrogens is 1. The van der Waals surface area contributed by atoms with Crippen molar-refractivity contribution < 1.29 is 14.1 Å². The number of carbonyl (C=O) groups is 2. The summed E-state index contributed by atoms with van der Waals surface area (Å²) in [4.78, 5) is 24.4. The Balaban J connectivity index is 2.10. The number of amides is 2. The van der Waals surface area contributed by atoms with Crippen LogP contribution in [0.15, 0.2) is 28.8 Å². The first-order valence-corrected chi connectivity index (χ1v) is 8.43. The lowest BCUT2D eigenvalue weighted by Crippen LogP contribution is -2.23. The summed E-state index contributed by atoms with van der Waals surface area (Å²) in [6.45, 7) is 10.0. The van der Waals surface area contributed by atoms with Gasteiger partial charge in [0.25, 0.3) is 0 Å². The van der Waals surface area contributed by atoms with Crippen molar-refractivity contribution in [2.24, 2.45) is 0 Å². The molecule has 0 atom stereocenters. The van der Waals surface area contributed by atoms with Gasteiger partial charge in [0.1, 0.15) is 12.2 Å². The van der Waals surface area contributed by atoms with Crippen molar-refractivity contribution in [1.82, 2.24) is 5.16 Å². The summed E-state index contributed by atoms with van der Waals surface area (Å²) in [7, 11) is 0. The highest BCUT2D eigenvalue weighted by atomic mass is 16.5. The third-order valence-corrected chi connectivity index (χ3v) is 3.85. The number of hydrogen-bond acceptors (Lipinski definition) is 4. The van der Waals surface area contributed by atoms with E-state index in [9.17, 15) is 9.59 Å². The van der Waals surface area contributed by atoms with Crippen LogP contribution in [0, 0.1) is 6.92 Å². The van der Waals surface area contributed by atoms with Gasteiger partial charge in [0, 0.05) is 11.8 Å². The summed E-state index contributed by atoms with van der Waals surface area (Å²) >= 11 is 0. The Morgan fingerprint density at radius 2 is 1.60 bits per heavy atom. The van der Waals surface area contributed by atoms with Gasteiger partial charge in [0.2, 0.25) is 11.8 Å². The molecule has 0 aliphatic rings. The fourth-order valence-corrected chi connectivity index (χ4v) is 2.64. The average Bonchev–Trinajstić information content (AvgIpc) is 2.91. The summed E-state index contributed by atoms with van der Waals surface area (Å²) < 4.78 is 4.88. The highest BCUT2D eigenvalue weighted by molar-refractivity contribution is 6.08. The molecule has 0 bridgehead atoms. The van der Waals surface area contributed by atoms with Crippen LogP contribution in [0.5, 0.6) is 0 Å². The fraction of sp³-hybridized carbons (Fsp3) is 0.421. The second-order valence-electron chi connectivity index (χ2n) is 6.72. The number of nitrogens with zero attached hydrogens (tertiary/aromatic N) is 1. The molecule has 0 fully saturated rings. The number of aryl methyl sites for hydroxylation is 1. The zero-order valence-corrected chi connectivity index (χ0v) is 15.3. The second-order valence-corrected chi connectivity index (χ2v) is 6.72. The largest absolute Gasteiger partial charge is 0.360 e. The number of carbonyl (C=O) groups excluding carboxylic acids is 2. The third-order valence-electron chi connectivity index (χ3n) is 3.85. The molecule has 25 heavy (non-hydrogen) atoms. The number of hydrogen-bond donors (Lipinski definition) is 2. The van der Waals surface area contributed by atoms with Crippen LogP contribution in [0.4, 0.5) is 11.5 Å². The van der Waals surface area contributed by atoms with Crippen molar-refractivity contribution >= 4 is 23.3 Å². The topological polar surface area (TPSA) is 84.2 Å². The van der Waals surface area contributed by atoms with E-state index < -0.39 is 5.91 Å². The predicted octanol–water partition coefficient (Wildman–Crippen LogP) is 4.20. The van der Waals surface area contributed by atoms with E-state index in [1.807, 2.05) is 18.2 Å². The van der Waals surface area contributed by atoms with Gasteiger partial charge in [-0.15, -0.1) is 0 Å². The number of nitrogens with one attached hydrogen (secondary N) is 2. The molecule has 6 heteroatoms. The maximum atomic E-state index is 12.4. The van der Waals surface area contributed by atoms with Crippen molar-refractivity contribution in [3.8, 4) is 0 Å². The molecule has 1 aromatic heterocycles. The number of benzene rings is 1. The smallest absolute Gasteiger partial charge is 0.235 e. The predicted molar refractivity (Wildman–Crippen MR) is 97.7 cm³/mol. The van der Waals surface area contributed by atoms with Gasteiger partial charge in [-0.05, 0) is 29.9 Å². The number of rotatable bonds is 6.